The van der Waals surface area contributed by atoms with E-state index in [1.807, 2.05) is 17.8 Å². The molecule has 1 aromatic carbocycles. The third kappa shape index (κ3) is 3.39. The van der Waals surface area contributed by atoms with Crippen LogP contribution in [0.3, 0.4) is 0 Å². The first-order valence-corrected chi connectivity index (χ1v) is 7.72. The van der Waals surface area contributed by atoms with Crippen LogP contribution in [-0.4, -0.2) is 29.3 Å². The molecule has 0 amide bonds. The van der Waals surface area contributed by atoms with E-state index in [9.17, 15) is 5.11 Å². The van der Waals surface area contributed by atoms with E-state index in [0.29, 0.717) is 0 Å². The summed E-state index contributed by atoms with van der Waals surface area (Å²) < 4.78 is 0. The van der Waals surface area contributed by atoms with E-state index in [1.54, 1.807) is 0 Å². The Morgan fingerprint density at radius 3 is 3.12 bits per heavy atom. The minimum atomic E-state index is -0.212. The van der Waals surface area contributed by atoms with Gasteiger partial charge in [0.15, 0.2) is 0 Å². The fourth-order valence-electron chi connectivity index (χ4n) is 2.39. The van der Waals surface area contributed by atoms with Crippen LogP contribution in [-0.2, 0) is 6.42 Å². The SMILES string of the molecule is CSCCCC(O)C1CCc2ccccc2N1. The maximum atomic E-state index is 10.2. The highest BCUT2D eigenvalue weighted by Crippen LogP contribution is 2.26. The van der Waals surface area contributed by atoms with Crippen molar-refractivity contribution in [2.24, 2.45) is 0 Å². The van der Waals surface area contributed by atoms with E-state index < -0.39 is 0 Å². The monoisotopic (exact) mass is 251 g/mol. The fourth-order valence-corrected chi connectivity index (χ4v) is 2.84. The van der Waals surface area contributed by atoms with E-state index in [1.165, 1.54) is 11.3 Å². The molecule has 2 unspecified atom stereocenters. The lowest BCUT2D eigenvalue weighted by Crippen LogP contribution is -2.36. The molecule has 1 aliphatic heterocycles. The van der Waals surface area contributed by atoms with Gasteiger partial charge >= 0.3 is 0 Å². The second-order valence-corrected chi connectivity index (χ2v) is 5.63. The van der Waals surface area contributed by atoms with Crippen molar-refractivity contribution in [3.8, 4) is 0 Å². The zero-order valence-electron chi connectivity index (χ0n) is 10.4. The van der Waals surface area contributed by atoms with E-state index >= 15 is 0 Å². The topological polar surface area (TPSA) is 32.3 Å². The number of para-hydroxylation sites is 1. The van der Waals surface area contributed by atoms with Gasteiger partial charge in [-0.2, -0.15) is 11.8 Å². The minimum Gasteiger partial charge on any atom is -0.391 e. The van der Waals surface area contributed by atoms with Gasteiger partial charge in [0.25, 0.3) is 0 Å². The molecule has 1 aromatic rings. The molecule has 1 aliphatic rings. The highest BCUT2D eigenvalue weighted by atomic mass is 32.2. The van der Waals surface area contributed by atoms with Crippen molar-refractivity contribution < 1.29 is 5.11 Å². The third-order valence-corrected chi connectivity index (χ3v) is 4.09. The number of rotatable bonds is 5. The summed E-state index contributed by atoms with van der Waals surface area (Å²) in [4.78, 5) is 0. The molecular formula is C14H21NOS. The molecule has 2 rings (SSSR count). The lowest BCUT2D eigenvalue weighted by Gasteiger charge is -2.30. The second kappa shape index (κ2) is 6.31. The molecule has 94 valence electrons. The first-order valence-electron chi connectivity index (χ1n) is 6.32. The highest BCUT2D eigenvalue weighted by molar-refractivity contribution is 7.98. The highest BCUT2D eigenvalue weighted by Gasteiger charge is 2.23. The molecule has 2 nitrogen and oxygen atoms in total. The van der Waals surface area contributed by atoms with Crippen molar-refractivity contribution in [1.82, 2.24) is 0 Å². The van der Waals surface area contributed by atoms with Gasteiger partial charge in [0.05, 0.1) is 12.1 Å². The number of aliphatic hydroxyl groups is 1. The number of aliphatic hydroxyl groups excluding tert-OH is 1. The Kier molecular flexibility index (Phi) is 4.75. The van der Waals surface area contributed by atoms with Gasteiger partial charge in [0, 0.05) is 5.69 Å². The molecule has 0 saturated carbocycles. The predicted octanol–water partition coefficient (Wildman–Crippen LogP) is 2.92. The molecule has 3 heteroatoms. The summed E-state index contributed by atoms with van der Waals surface area (Å²) >= 11 is 1.85. The number of hydrogen-bond acceptors (Lipinski definition) is 3. The standard InChI is InChI=1S/C14H21NOS/c1-17-10-4-7-14(16)13-9-8-11-5-2-3-6-12(11)15-13/h2-3,5-6,13-16H,4,7-10H2,1H3. The van der Waals surface area contributed by atoms with E-state index in [-0.39, 0.29) is 12.1 Å². The molecule has 2 N–H and O–H groups in total. The predicted molar refractivity (Wildman–Crippen MR) is 75.8 cm³/mol. The lowest BCUT2D eigenvalue weighted by atomic mass is 9.93. The van der Waals surface area contributed by atoms with Gasteiger partial charge in [0.2, 0.25) is 0 Å². The van der Waals surface area contributed by atoms with Crippen molar-refractivity contribution in [2.45, 2.75) is 37.8 Å². The zero-order valence-corrected chi connectivity index (χ0v) is 11.2. The number of nitrogens with one attached hydrogen (secondary N) is 1. The van der Waals surface area contributed by atoms with E-state index in [4.69, 9.17) is 0 Å². The number of hydrogen-bond donors (Lipinski definition) is 2. The van der Waals surface area contributed by atoms with Crippen molar-refractivity contribution in [1.29, 1.82) is 0 Å². The summed E-state index contributed by atoms with van der Waals surface area (Å²) in [6.45, 7) is 0. The Balaban J connectivity index is 1.88. The number of benzene rings is 1. The van der Waals surface area contributed by atoms with Crippen LogP contribution in [0.25, 0.3) is 0 Å². The van der Waals surface area contributed by atoms with Crippen molar-refractivity contribution in [3.05, 3.63) is 29.8 Å². The number of aryl methyl sites for hydroxylation is 1. The molecule has 0 spiro atoms. The first kappa shape index (κ1) is 12.8. The van der Waals surface area contributed by atoms with Gasteiger partial charge in [-0.05, 0) is 49.3 Å². The van der Waals surface area contributed by atoms with Gasteiger partial charge in [-0.1, -0.05) is 18.2 Å². The Labute approximate surface area is 108 Å². The van der Waals surface area contributed by atoms with Gasteiger partial charge in [-0.3, -0.25) is 0 Å². The maximum absolute atomic E-state index is 10.2. The zero-order chi connectivity index (χ0) is 12.1. The van der Waals surface area contributed by atoms with Crippen LogP contribution in [0.1, 0.15) is 24.8 Å². The van der Waals surface area contributed by atoms with Gasteiger partial charge in [-0.15, -0.1) is 0 Å². The average Bonchev–Trinajstić information content (AvgIpc) is 2.38. The summed E-state index contributed by atoms with van der Waals surface area (Å²) in [5.41, 5.74) is 2.58. The van der Waals surface area contributed by atoms with Crippen LogP contribution in [0.2, 0.25) is 0 Å². The van der Waals surface area contributed by atoms with Crippen molar-refractivity contribution in [3.63, 3.8) is 0 Å². The summed E-state index contributed by atoms with van der Waals surface area (Å²) in [5, 5.41) is 13.6. The van der Waals surface area contributed by atoms with Gasteiger partial charge in [-0.25, -0.2) is 0 Å². The normalized spacial score (nSPS) is 20.5. The van der Waals surface area contributed by atoms with Crippen molar-refractivity contribution >= 4 is 17.4 Å². The van der Waals surface area contributed by atoms with Crippen LogP contribution in [0, 0.1) is 0 Å². The third-order valence-electron chi connectivity index (χ3n) is 3.40. The Hall–Kier alpha value is -0.670. The van der Waals surface area contributed by atoms with Gasteiger partial charge < -0.3 is 10.4 Å². The quantitative estimate of drug-likeness (QED) is 0.789. The molecule has 17 heavy (non-hydrogen) atoms. The Morgan fingerprint density at radius 1 is 1.47 bits per heavy atom. The average molecular weight is 251 g/mol. The van der Waals surface area contributed by atoms with Gasteiger partial charge in [0.1, 0.15) is 0 Å². The van der Waals surface area contributed by atoms with Crippen LogP contribution in [0.5, 0.6) is 0 Å². The molecule has 2 atom stereocenters. The van der Waals surface area contributed by atoms with Crippen LogP contribution < -0.4 is 5.32 Å². The van der Waals surface area contributed by atoms with Crippen LogP contribution in [0.15, 0.2) is 24.3 Å². The summed E-state index contributed by atoms with van der Waals surface area (Å²) in [6.07, 6.45) is 6.02. The lowest BCUT2D eigenvalue weighted by molar-refractivity contribution is 0.137. The number of anilines is 1. The largest absolute Gasteiger partial charge is 0.391 e. The van der Waals surface area contributed by atoms with Crippen LogP contribution in [0.4, 0.5) is 5.69 Å². The molecule has 0 radical (unpaired) electrons. The number of fused-ring (bicyclic) bond motifs is 1. The molecule has 0 aliphatic carbocycles. The van der Waals surface area contributed by atoms with E-state index in [0.717, 1.165) is 31.4 Å². The summed E-state index contributed by atoms with van der Waals surface area (Å²) in [6, 6.07) is 8.63. The molecule has 0 fully saturated rings. The minimum absolute atomic E-state index is 0.212. The van der Waals surface area contributed by atoms with Crippen molar-refractivity contribution in [2.75, 3.05) is 17.3 Å². The maximum Gasteiger partial charge on any atom is 0.0741 e. The second-order valence-electron chi connectivity index (χ2n) is 4.65. The molecule has 0 aromatic heterocycles. The first-order chi connectivity index (χ1) is 8.31. The molecule has 0 saturated heterocycles. The number of thioether (sulfide) groups is 1. The Morgan fingerprint density at radius 2 is 2.29 bits per heavy atom. The van der Waals surface area contributed by atoms with Crippen LogP contribution >= 0.6 is 11.8 Å². The smallest absolute Gasteiger partial charge is 0.0741 e. The summed E-state index contributed by atoms with van der Waals surface area (Å²) in [7, 11) is 0. The fraction of sp³-hybridized carbons (Fsp3) is 0.571. The molecular weight excluding hydrogens is 230 g/mol. The Bertz CT molecular complexity index is 356. The molecule has 1 heterocycles. The summed E-state index contributed by atoms with van der Waals surface area (Å²) in [5.74, 6) is 1.14. The van der Waals surface area contributed by atoms with E-state index in [2.05, 4.69) is 29.8 Å². The molecule has 0 bridgehead atoms.